The standard InChI is InChI=1S/C24H29N5O2/c1-4-6-14-28(5-2)16-20-25-22-21(23(30)26-24(31)27(22)3)29(20)15-18-12-9-11-17-10-7-8-13-19(17)18/h7-13H,4-6,14-16H2,1-3H3,(H,26,30,31)/p+1. The summed E-state index contributed by atoms with van der Waals surface area (Å²) in [5, 5.41) is 2.32. The molecule has 2 N–H and O–H groups in total. The van der Waals surface area contributed by atoms with Crippen LogP contribution in [-0.2, 0) is 20.1 Å². The highest BCUT2D eigenvalue weighted by atomic mass is 16.2. The largest absolute Gasteiger partial charge is 0.329 e. The van der Waals surface area contributed by atoms with Crippen molar-refractivity contribution in [3.63, 3.8) is 0 Å². The molecule has 0 amide bonds. The fraction of sp³-hybridized carbons (Fsp3) is 0.375. The van der Waals surface area contributed by atoms with Gasteiger partial charge < -0.3 is 9.47 Å². The van der Waals surface area contributed by atoms with Gasteiger partial charge in [0.05, 0.1) is 19.6 Å². The number of unbranched alkanes of at least 4 members (excludes halogenated alkanes) is 1. The molecule has 0 radical (unpaired) electrons. The van der Waals surface area contributed by atoms with Crippen LogP contribution in [0.25, 0.3) is 21.9 Å². The van der Waals surface area contributed by atoms with E-state index in [9.17, 15) is 9.59 Å². The Hall–Kier alpha value is -3.19. The first-order chi connectivity index (χ1) is 15.0. The minimum Gasteiger partial charge on any atom is -0.329 e. The molecule has 4 aromatic rings. The molecule has 0 spiro atoms. The van der Waals surface area contributed by atoms with Crippen molar-refractivity contribution in [1.82, 2.24) is 19.1 Å². The maximum absolute atomic E-state index is 12.8. The van der Waals surface area contributed by atoms with E-state index in [1.807, 2.05) is 22.8 Å². The van der Waals surface area contributed by atoms with Crippen LogP contribution in [0.3, 0.4) is 0 Å². The Balaban J connectivity index is 1.88. The molecule has 0 saturated heterocycles. The summed E-state index contributed by atoms with van der Waals surface area (Å²) < 4.78 is 3.43. The van der Waals surface area contributed by atoms with Crippen molar-refractivity contribution in [3.05, 3.63) is 74.7 Å². The molecule has 0 bridgehead atoms. The number of hydrogen-bond donors (Lipinski definition) is 2. The van der Waals surface area contributed by atoms with Gasteiger partial charge in [0, 0.05) is 7.05 Å². The van der Waals surface area contributed by atoms with Crippen molar-refractivity contribution >= 4 is 21.9 Å². The minimum absolute atomic E-state index is 0.385. The number of imidazole rings is 1. The number of fused-ring (bicyclic) bond motifs is 2. The van der Waals surface area contributed by atoms with Crippen molar-refractivity contribution < 1.29 is 4.90 Å². The van der Waals surface area contributed by atoms with E-state index >= 15 is 0 Å². The highest BCUT2D eigenvalue weighted by molar-refractivity contribution is 5.85. The lowest BCUT2D eigenvalue weighted by Crippen LogP contribution is -3.10. The average molecular weight is 421 g/mol. The highest BCUT2D eigenvalue weighted by Gasteiger charge is 2.21. The quantitative estimate of drug-likeness (QED) is 0.457. The van der Waals surface area contributed by atoms with Gasteiger partial charge in [0.25, 0.3) is 5.56 Å². The van der Waals surface area contributed by atoms with E-state index in [1.165, 1.54) is 9.47 Å². The van der Waals surface area contributed by atoms with Crippen LogP contribution in [-0.4, -0.2) is 32.2 Å². The van der Waals surface area contributed by atoms with Crippen molar-refractivity contribution in [2.45, 2.75) is 39.8 Å². The molecule has 162 valence electrons. The van der Waals surface area contributed by atoms with Crippen LogP contribution in [0.4, 0.5) is 0 Å². The van der Waals surface area contributed by atoms with Crippen LogP contribution in [0, 0.1) is 0 Å². The summed E-state index contributed by atoms with van der Waals surface area (Å²) in [7, 11) is 1.65. The Kier molecular flexibility index (Phi) is 6.04. The van der Waals surface area contributed by atoms with Gasteiger partial charge >= 0.3 is 5.69 Å². The molecule has 0 saturated carbocycles. The average Bonchev–Trinajstić information content (AvgIpc) is 3.13. The van der Waals surface area contributed by atoms with Gasteiger partial charge in [0.2, 0.25) is 0 Å². The molecule has 31 heavy (non-hydrogen) atoms. The zero-order valence-electron chi connectivity index (χ0n) is 18.4. The third kappa shape index (κ3) is 4.05. The van der Waals surface area contributed by atoms with Gasteiger partial charge in [-0.2, -0.15) is 0 Å². The lowest BCUT2D eigenvalue weighted by atomic mass is 10.0. The van der Waals surface area contributed by atoms with E-state index in [0.29, 0.717) is 24.3 Å². The lowest BCUT2D eigenvalue weighted by Gasteiger charge is -2.18. The predicted octanol–water partition coefficient (Wildman–Crippen LogP) is 1.83. The third-order valence-corrected chi connectivity index (χ3v) is 6.09. The molecule has 2 aromatic heterocycles. The van der Waals surface area contributed by atoms with E-state index in [-0.39, 0.29) is 5.56 Å². The Labute approximate surface area is 181 Å². The van der Waals surface area contributed by atoms with Gasteiger partial charge in [-0.05, 0) is 29.7 Å². The summed E-state index contributed by atoms with van der Waals surface area (Å²) in [4.78, 5) is 33.7. The molecule has 1 unspecified atom stereocenters. The Morgan fingerprint density at radius 3 is 2.61 bits per heavy atom. The SMILES string of the molecule is CCCC[NH+](CC)Cc1nc2c(c(=O)[nH]c(=O)n2C)n1Cc1cccc2ccccc12. The summed E-state index contributed by atoms with van der Waals surface area (Å²) in [5.41, 5.74) is 1.19. The summed E-state index contributed by atoms with van der Waals surface area (Å²) in [6.45, 7) is 7.64. The third-order valence-electron chi connectivity index (χ3n) is 6.09. The predicted molar refractivity (Wildman–Crippen MR) is 124 cm³/mol. The number of aromatic amines is 1. The number of rotatable bonds is 8. The molecule has 7 heteroatoms. The summed E-state index contributed by atoms with van der Waals surface area (Å²) in [6, 6.07) is 14.5. The van der Waals surface area contributed by atoms with Crippen LogP contribution >= 0.6 is 0 Å². The fourth-order valence-corrected chi connectivity index (χ4v) is 4.23. The van der Waals surface area contributed by atoms with Crippen molar-refractivity contribution in [2.75, 3.05) is 13.1 Å². The molecule has 4 rings (SSSR count). The van der Waals surface area contributed by atoms with Gasteiger partial charge in [-0.15, -0.1) is 0 Å². The van der Waals surface area contributed by atoms with Crippen LogP contribution < -0.4 is 16.1 Å². The van der Waals surface area contributed by atoms with Crippen LogP contribution in [0.1, 0.15) is 38.1 Å². The van der Waals surface area contributed by atoms with Crippen molar-refractivity contribution in [2.24, 2.45) is 7.05 Å². The molecule has 7 nitrogen and oxygen atoms in total. The zero-order chi connectivity index (χ0) is 22.0. The molecule has 2 heterocycles. The zero-order valence-corrected chi connectivity index (χ0v) is 18.4. The monoisotopic (exact) mass is 420 g/mol. The normalized spacial score (nSPS) is 12.6. The summed E-state index contributed by atoms with van der Waals surface area (Å²) >= 11 is 0. The topological polar surface area (TPSA) is 77.1 Å². The molecule has 2 aromatic carbocycles. The van der Waals surface area contributed by atoms with Crippen LogP contribution in [0.2, 0.25) is 0 Å². The number of nitrogens with zero attached hydrogens (tertiary/aromatic N) is 3. The van der Waals surface area contributed by atoms with E-state index in [1.54, 1.807) is 7.05 Å². The number of H-pyrrole nitrogens is 1. The maximum Gasteiger partial charge on any atom is 0.329 e. The first-order valence-electron chi connectivity index (χ1n) is 11.0. The van der Waals surface area contributed by atoms with E-state index in [4.69, 9.17) is 4.98 Å². The summed E-state index contributed by atoms with van der Waals surface area (Å²) in [5.74, 6) is 0.836. The van der Waals surface area contributed by atoms with Gasteiger partial charge in [-0.3, -0.25) is 14.3 Å². The van der Waals surface area contributed by atoms with Crippen LogP contribution in [0.5, 0.6) is 0 Å². The molecule has 0 fully saturated rings. The van der Waals surface area contributed by atoms with E-state index in [0.717, 1.165) is 48.1 Å². The Morgan fingerprint density at radius 2 is 1.84 bits per heavy atom. The number of nitrogens with one attached hydrogen (secondary N) is 2. The first-order valence-corrected chi connectivity index (χ1v) is 11.0. The van der Waals surface area contributed by atoms with Gasteiger partial charge in [0.15, 0.2) is 17.0 Å². The van der Waals surface area contributed by atoms with Gasteiger partial charge in [-0.1, -0.05) is 55.8 Å². The van der Waals surface area contributed by atoms with Gasteiger partial charge in [0.1, 0.15) is 6.54 Å². The molecule has 0 aliphatic heterocycles. The Morgan fingerprint density at radius 1 is 1.06 bits per heavy atom. The Bertz CT molecular complexity index is 1330. The molecular weight excluding hydrogens is 390 g/mol. The second-order valence-corrected chi connectivity index (χ2v) is 8.13. The molecule has 0 aliphatic rings. The molecular formula is C24H30N5O2+. The number of aryl methyl sites for hydroxylation is 1. The molecule has 0 aliphatic carbocycles. The minimum atomic E-state index is -0.440. The first kappa shape index (κ1) is 21.1. The second kappa shape index (κ2) is 8.89. The number of benzene rings is 2. The molecule has 1 atom stereocenters. The maximum atomic E-state index is 12.8. The second-order valence-electron chi connectivity index (χ2n) is 8.13. The number of quaternary nitrogens is 1. The summed E-state index contributed by atoms with van der Waals surface area (Å²) in [6.07, 6.45) is 2.29. The fourth-order valence-electron chi connectivity index (χ4n) is 4.23. The lowest BCUT2D eigenvalue weighted by molar-refractivity contribution is -0.913. The van der Waals surface area contributed by atoms with E-state index < -0.39 is 5.69 Å². The van der Waals surface area contributed by atoms with Crippen LogP contribution in [0.15, 0.2) is 52.1 Å². The smallest absolute Gasteiger partial charge is 0.329 e. The highest BCUT2D eigenvalue weighted by Crippen LogP contribution is 2.21. The van der Waals surface area contributed by atoms with Gasteiger partial charge in [-0.25, -0.2) is 9.78 Å². The van der Waals surface area contributed by atoms with Crippen molar-refractivity contribution in [1.29, 1.82) is 0 Å². The number of hydrogen-bond acceptors (Lipinski definition) is 3. The van der Waals surface area contributed by atoms with Crippen molar-refractivity contribution in [3.8, 4) is 0 Å². The number of aromatic nitrogens is 4. The van der Waals surface area contributed by atoms with E-state index in [2.05, 4.69) is 43.1 Å².